The summed E-state index contributed by atoms with van der Waals surface area (Å²) in [5, 5.41) is 14.5. The second-order valence-electron chi connectivity index (χ2n) is 14.7. The summed E-state index contributed by atoms with van der Waals surface area (Å²) in [6.07, 6.45) is 12.9. The molecule has 1 aliphatic heterocycles. The fraction of sp³-hybridized carbons (Fsp3) is 0.933. The summed E-state index contributed by atoms with van der Waals surface area (Å²) < 4.78 is 0. The van der Waals surface area contributed by atoms with Gasteiger partial charge in [-0.3, -0.25) is 0 Å². The predicted molar refractivity (Wildman–Crippen MR) is 134 cm³/mol. The molecule has 0 aromatic carbocycles. The summed E-state index contributed by atoms with van der Waals surface area (Å²) in [6, 6.07) is 0.742. The number of aliphatic hydroxyl groups excluding tert-OH is 1. The van der Waals surface area contributed by atoms with E-state index in [1.165, 1.54) is 57.8 Å². The molecule has 5 aliphatic rings. The van der Waals surface area contributed by atoms with Gasteiger partial charge in [0.15, 0.2) is 0 Å². The van der Waals surface area contributed by atoms with Gasteiger partial charge < -0.3 is 10.4 Å². The minimum Gasteiger partial charge on any atom is -0.393 e. The number of hydrogen-bond donors (Lipinski definition) is 2. The van der Waals surface area contributed by atoms with Gasteiger partial charge in [0.05, 0.1) is 6.10 Å². The molecule has 8 atom stereocenters. The highest BCUT2D eigenvalue weighted by Crippen LogP contribution is 2.72. The van der Waals surface area contributed by atoms with E-state index in [9.17, 15) is 5.11 Å². The lowest BCUT2D eigenvalue weighted by Gasteiger charge is -2.62. The van der Waals surface area contributed by atoms with Crippen LogP contribution in [0, 0.1) is 39.4 Å². The van der Waals surface area contributed by atoms with E-state index in [4.69, 9.17) is 0 Å². The van der Waals surface area contributed by atoms with Gasteiger partial charge in [-0.2, -0.15) is 0 Å². The summed E-state index contributed by atoms with van der Waals surface area (Å²) in [5.41, 5.74) is 5.34. The molecule has 0 spiro atoms. The van der Waals surface area contributed by atoms with Crippen molar-refractivity contribution in [3.8, 4) is 0 Å². The zero-order valence-electron chi connectivity index (χ0n) is 22.4. The number of fused-ring (bicyclic) bond motifs is 4. The largest absolute Gasteiger partial charge is 0.393 e. The molecule has 4 aliphatic carbocycles. The third kappa shape index (κ3) is 3.03. The van der Waals surface area contributed by atoms with Crippen molar-refractivity contribution < 1.29 is 5.11 Å². The normalized spacial score (nSPS) is 49.8. The Morgan fingerprint density at radius 1 is 0.906 bits per heavy atom. The topological polar surface area (TPSA) is 42.2 Å². The first-order chi connectivity index (χ1) is 14.8. The van der Waals surface area contributed by atoms with Crippen molar-refractivity contribution in [2.45, 2.75) is 137 Å². The van der Waals surface area contributed by atoms with E-state index < -0.39 is 0 Å². The maximum absolute atomic E-state index is 10.8. The van der Waals surface area contributed by atoms with Crippen LogP contribution in [0.25, 0.3) is 0 Å². The molecule has 182 valence electrons. The van der Waals surface area contributed by atoms with E-state index in [2.05, 4.69) is 60.7 Å². The maximum atomic E-state index is 10.8. The fourth-order valence-electron chi connectivity index (χ4n) is 10.1. The smallest absolute Gasteiger partial charge is 0.0594 e. The van der Waals surface area contributed by atoms with Crippen LogP contribution < -0.4 is 5.32 Å². The average Bonchev–Trinajstić information content (AvgIpc) is 3.22. The minimum absolute atomic E-state index is 0.0462. The van der Waals surface area contributed by atoms with Crippen LogP contribution >= 0.6 is 0 Å². The Labute approximate surface area is 198 Å². The van der Waals surface area contributed by atoms with Crippen LogP contribution in [0.2, 0.25) is 0 Å². The first-order valence-electron chi connectivity index (χ1n) is 14.0. The lowest BCUT2D eigenvalue weighted by molar-refractivity contribution is -0.0962. The number of aliphatic hydroxyl groups is 1. The lowest BCUT2D eigenvalue weighted by Crippen LogP contribution is -2.55. The molecule has 0 unspecified atom stereocenters. The Hall–Kier alpha value is -0.340. The summed E-state index contributed by atoms with van der Waals surface area (Å²) in [4.78, 5) is 0. The molecule has 0 radical (unpaired) electrons. The number of hydrogen-bond acceptors (Lipinski definition) is 2. The Balaban J connectivity index is 1.41. The van der Waals surface area contributed by atoms with Crippen LogP contribution in [-0.4, -0.2) is 22.8 Å². The third-order valence-electron chi connectivity index (χ3n) is 12.7. The zero-order chi connectivity index (χ0) is 23.3. The van der Waals surface area contributed by atoms with Gasteiger partial charge in [0, 0.05) is 11.6 Å². The van der Waals surface area contributed by atoms with Gasteiger partial charge in [-0.15, -0.1) is 0 Å². The molecule has 0 aromatic rings. The summed E-state index contributed by atoms with van der Waals surface area (Å²) in [7, 11) is 0. The van der Waals surface area contributed by atoms with Crippen LogP contribution in [0.1, 0.15) is 120 Å². The van der Waals surface area contributed by atoms with Crippen LogP contribution in [-0.2, 0) is 0 Å². The molecule has 3 fully saturated rings. The fourth-order valence-corrected chi connectivity index (χ4v) is 10.1. The Kier molecular flexibility index (Phi) is 5.19. The Morgan fingerprint density at radius 2 is 1.59 bits per heavy atom. The molecule has 2 N–H and O–H groups in total. The summed E-state index contributed by atoms with van der Waals surface area (Å²) in [6.45, 7) is 19.9. The van der Waals surface area contributed by atoms with E-state index in [1.807, 2.05) is 11.1 Å². The van der Waals surface area contributed by atoms with Gasteiger partial charge in [-0.25, -0.2) is 0 Å². The van der Waals surface area contributed by atoms with Crippen molar-refractivity contribution in [3.05, 3.63) is 11.1 Å². The molecule has 32 heavy (non-hydrogen) atoms. The summed E-state index contributed by atoms with van der Waals surface area (Å²) >= 11 is 0. The highest BCUT2D eigenvalue weighted by Gasteiger charge is 2.63. The van der Waals surface area contributed by atoms with Gasteiger partial charge in [0.25, 0.3) is 0 Å². The van der Waals surface area contributed by atoms with E-state index in [1.54, 1.807) is 0 Å². The monoisotopic (exact) mass is 441 g/mol. The summed E-state index contributed by atoms with van der Waals surface area (Å²) in [5.74, 6) is 2.34. The van der Waals surface area contributed by atoms with E-state index in [-0.39, 0.29) is 11.5 Å². The maximum Gasteiger partial charge on any atom is 0.0594 e. The highest BCUT2D eigenvalue weighted by atomic mass is 16.3. The van der Waals surface area contributed by atoms with E-state index >= 15 is 0 Å². The minimum atomic E-state index is -0.130. The SMILES string of the molecule is C[C@H](CC[C@@H]1NC1(C)C)[C@H]1CC[C@@]2(C)C3=C(CC[C@]12C)[C@@]1(C)CC[C@H](O)C(C)(C)[C@@H]1CC3. The lowest BCUT2D eigenvalue weighted by atomic mass is 9.43. The Bertz CT molecular complexity index is 810. The van der Waals surface area contributed by atoms with Crippen LogP contribution in [0.15, 0.2) is 11.1 Å². The van der Waals surface area contributed by atoms with Crippen molar-refractivity contribution in [2.75, 3.05) is 0 Å². The standard InChI is InChI=1S/C30H51NO/c1-19(9-12-24-27(4,5)31-24)20-13-17-30(8)22-10-11-23-26(2,3)25(32)15-16-28(23,6)21(22)14-18-29(20,30)7/h19-20,23-25,31-32H,9-18H2,1-8H3/t19-,20-,23+,24+,25+,28-,29-,30+/m1/s1. The van der Waals surface area contributed by atoms with Gasteiger partial charge in [-0.1, -0.05) is 52.7 Å². The molecule has 0 bridgehead atoms. The first-order valence-corrected chi connectivity index (χ1v) is 14.0. The zero-order valence-corrected chi connectivity index (χ0v) is 22.4. The van der Waals surface area contributed by atoms with Crippen molar-refractivity contribution in [1.29, 1.82) is 0 Å². The van der Waals surface area contributed by atoms with Crippen molar-refractivity contribution in [3.63, 3.8) is 0 Å². The van der Waals surface area contributed by atoms with Gasteiger partial charge >= 0.3 is 0 Å². The molecule has 2 nitrogen and oxygen atoms in total. The average molecular weight is 442 g/mol. The Morgan fingerprint density at radius 3 is 2.25 bits per heavy atom. The molecule has 5 rings (SSSR count). The molecule has 1 saturated heterocycles. The number of nitrogens with one attached hydrogen (secondary N) is 1. The van der Waals surface area contributed by atoms with Crippen LogP contribution in [0.3, 0.4) is 0 Å². The molecule has 0 amide bonds. The first kappa shape index (κ1) is 23.4. The van der Waals surface area contributed by atoms with Gasteiger partial charge in [0.2, 0.25) is 0 Å². The van der Waals surface area contributed by atoms with Gasteiger partial charge in [-0.05, 0) is 117 Å². The van der Waals surface area contributed by atoms with Crippen LogP contribution in [0.5, 0.6) is 0 Å². The van der Waals surface area contributed by atoms with Crippen molar-refractivity contribution >= 4 is 0 Å². The molecular formula is C30H51NO. The molecule has 2 saturated carbocycles. The van der Waals surface area contributed by atoms with E-state index in [0.29, 0.717) is 27.7 Å². The van der Waals surface area contributed by atoms with Crippen molar-refractivity contribution in [2.24, 2.45) is 39.4 Å². The molecule has 2 heteroatoms. The van der Waals surface area contributed by atoms with Gasteiger partial charge in [0.1, 0.15) is 0 Å². The molecular weight excluding hydrogens is 390 g/mol. The van der Waals surface area contributed by atoms with Crippen LogP contribution in [0.4, 0.5) is 0 Å². The second-order valence-corrected chi connectivity index (χ2v) is 14.7. The van der Waals surface area contributed by atoms with Crippen molar-refractivity contribution in [1.82, 2.24) is 5.32 Å². The predicted octanol–water partition coefficient (Wildman–Crippen LogP) is 7.26. The quantitative estimate of drug-likeness (QED) is 0.356. The highest BCUT2D eigenvalue weighted by molar-refractivity contribution is 5.38. The molecule has 0 aromatic heterocycles. The third-order valence-corrected chi connectivity index (χ3v) is 12.7. The second kappa shape index (κ2) is 7.09. The number of allylic oxidation sites excluding steroid dienone is 2. The number of rotatable bonds is 4. The molecule has 1 heterocycles. The van der Waals surface area contributed by atoms with E-state index in [0.717, 1.165) is 24.3 Å².